The minimum atomic E-state index is -0.725. The first kappa shape index (κ1) is 23.2. The molecule has 0 spiro atoms. The Morgan fingerprint density at radius 1 is 1.15 bits per heavy atom. The van der Waals surface area contributed by atoms with E-state index in [1.165, 1.54) is 12.7 Å². The molecule has 4 rings (SSSR count). The Labute approximate surface area is 197 Å². The number of H-pyrrole nitrogens is 1. The van der Waals surface area contributed by atoms with Gasteiger partial charge in [-0.05, 0) is 39.3 Å². The SMILES string of the molecule is Cc1ccc(OC(C)C(=O)Nc2c(C(C)(C)C)nc3c(Oc4ncncn4)c(C)[nH]n23)c(C)c1. The lowest BCUT2D eigenvalue weighted by Crippen LogP contribution is -2.32. The molecule has 34 heavy (non-hydrogen) atoms. The first-order valence-electron chi connectivity index (χ1n) is 11.0. The maximum absolute atomic E-state index is 13.1. The van der Waals surface area contributed by atoms with Crippen LogP contribution in [0.2, 0.25) is 0 Å². The second-order valence-electron chi connectivity index (χ2n) is 9.33. The number of benzene rings is 1. The van der Waals surface area contributed by atoms with Gasteiger partial charge in [0.15, 0.2) is 23.3 Å². The molecule has 0 aliphatic heterocycles. The van der Waals surface area contributed by atoms with Gasteiger partial charge in [-0.2, -0.15) is 9.97 Å². The smallest absolute Gasteiger partial charge is 0.325 e. The van der Waals surface area contributed by atoms with Crippen LogP contribution in [0, 0.1) is 20.8 Å². The minimum absolute atomic E-state index is 0.154. The second-order valence-corrected chi connectivity index (χ2v) is 9.33. The third-order valence-electron chi connectivity index (χ3n) is 5.32. The molecule has 0 aliphatic carbocycles. The number of nitrogens with one attached hydrogen (secondary N) is 2. The molecular formula is C24H29N7O3. The van der Waals surface area contributed by atoms with Crippen LogP contribution in [-0.2, 0) is 10.2 Å². The Bertz CT molecular complexity index is 1340. The number of carbonyl (C=O) groups is 1. The summed E-state index contributed by atoms with van der Waals surface area (Å²) in [5, 5.41) is 6.22. The van der Waals surface area contributed by atoms with Crippen molar-refractivity contribution in [2.24, 2.45) is 0 Å². The van der Waals surface area contributed by atoms with Crippen molar-refractivity contribution in [1.29, 1.82) is 0 Å². The lowest BCUT2D eigenvalue weighted by Gasteiger charge is -2.20. The number of imidazole rings is 1. The van der Waals surface area contributed by atoms with Crippen LogP contribution in [0.25, 0.3) is 5.65 Å². The van der Waals surface area contributed by atoms with E-state index < -0.39 is 6.10 Å². The van der Waals surface area contributed by atoms with Crippen LogP contribution in [0.1, 0.15) is 50.2 Å². The first-order valence-corrected chi connectivity index (χ1v) is 11.0. The number of hydrogen-bond donors (Lipinski definition) is 2. The summed E-state index contributed by atoms with van der Waals surface area (Å²) in [5.41, 5.74) is 3.68. The summed E-state index contributed by atoms with van der Waals surface area (Å²) in [5.74, 6) is 1.37. The van der Waals surface area contributed by atoms with Crippen molar-refractivity contribution in [3.05, 3.63) is 53.4 Å². The monoisotopic (exact) mass is 463 g/mol. The Kier molecular flexibility index (Phi) is 5.99. The lowest BCUT2D eigenvalue weighted by atomic mass is 9.92. The molecule has 1 aromatic carbocycles. The number of amides is 1. The van der Waals surface area contributed by atoms with Crippen molar-refractivity contribution in [2.75, 3.05) is 5.32 Å². The Hall–Kier alpha value is -3.95. The fourth-order valence-corrected chi connectivity index (χ4v) is 3.59. The number of ether oxygens (including phenoxy) is 2. The Balaban J connectivity index is 1.66. The van der Waals surface area contributed by atoms with E-state index in [1.54, 1.807) is 11.4 Å². The molecule has 3 aromatic heterocycles. The van der Waals surface area contributed by atoms with Gasteiger partial charge in [0.1, 0.15) is 18.4 Å². The van der Waals surface area contributed by atoms with Crippen molar-refractivity contribution < 1.29 is 14.3 Å². The highest BCUT2D eigenvalue weighted by Crippen LogP contribution is 2.36. The lowest BCUT2D eigenvalue weighted by molar-refractivity contribution is -0.122. The summed E-state index contributed by atoms with van der Waals surface area (Å²) in [7, 11) is 0. The minimum Gasteiger partial charge on any atom is -0.481 e. The van der Waals surface area contributed by atoms with Crippen LogP contribution < -0.4 is 14.8 Å². The van der Waals surface area contributed by atoms with Crippen molar-refractivity contribution in [3.63, 3.8) is 0 Å². The van der Waals surface area contributed by atoms with Gasteiger partial charge in [0.2, 0.25) is 0 Å². The average molecular weight is 464 g/mol. The van der Waals surface area contributed by atoms with E-state index in [0.717, 1.165) is 11.1 Å². The third-order valence-corrected chi connectivity index (χ3v) is 5.32. The van der Waals surface area contributed by atoms with Crippen LogP contribution in [0.15, 0.2) is 30.9 Å². The molecule has 1 amide bonds. The van der Waals surface area contributed by atoms with E-state index in [1.807, 2.05) is 59.7 Å². The molecule has 4 aromatic rings. The van der Waals surface area contributed by atoms with Crippen LogP contribution in [0.5, 0.6) is 17.5 Å². The van der Waals surface area contributed by atoms with Crippen LogP contribution in [0.3, 0.4) is 0 Å². The normalized spacial score (nSPS) is 12.6. The molecule has 0 saturated carbocycles. The maximum atomic E-state index is 13.1. The number of anilines is 1. The summed E-state index contributed by atoms with van der Waals surface area (Å²) in [6, 6.07) is 6.01. The highest BCUT2D eigenvalue weighted by atomic mass is 16.5. The zero-order valence-electron chi connectivity index (χ0n) is 20.4. The zero-order chi connectivity index (χ0) is 24.6. The molecule has 178 valence electrons. The molecule has 1 atom stereocenters. The number of fused-ring (bicyclic) bond motifs is 1. The summed E-state index contributed by atoms with van der Waals surface area (Å²) in [6.45, 7) is 13.6. The molecule has 0 radical (unpaired) electrons. The van der Waals surface area contributed by atoms with Crippen LogP contribution >= 0.6 is 0 Å². The van der Waals surface area contributed by atoms with E-state index >= 15 is 0 Å². The number of hydrogen-bond acceptors (Lipinski definition) is 7. The number of rotatable bonds is 6. The van der Waals surface area contributed by atoms with Crippen molar-refractivity contribution in [1.82, 2.24) is 29.5 Å². The van der Waals surface area contributed by atoms with Gasteiger partial charge in [-0.3, -0.25) is 9.89 Å². The van der Waals surface area contributed by atoms with Gasteiger partial charge in [-0.1, -0.05) is 38.5 Å². The number of aromatic amines is 1. The molecule has 10 nitrogen and oxygen atoms in total. The number of aromatic nitrogens is 6. The van der Waals surface area contributed by atoms with E-state index in [9.17, 15) is 4.79 Å². The molecule has 0 fully saturated rings. The highest BCUT2D eigenvalue weighted by molar-refractivity contribution is 5.94. The van der Waals surface area contributed by atoms with Crippen molar-refractivity contribution >= 4 is 17.4 Å². The van der Waals surface area contributed by atoms with Crippen molar-refractivity contribution in [2.45, 2.75) is 60.0 Å². The molecular weight excluding hydrogens is 434 g/mol. The van der Waals surface area contributed by atoms with Gasteiger partial charge in [-0.15, -0.1) is 0 Å². The van der Waals surface area contributed by atoms with E-state index in [0.29, 0.717) is 34.4 Å². The third kappa shape index (κ3) is 4.57. The topological polar surface area (TPSA) is 119 Å². The molecule has 0 aliphatic rings. The van der Waals surface area contributed by atoms with Crippen LogP contribution in [0.4, 0.5) is 5.82 Å². The van der Waals surface area contributed by atoms with E-state index in [2.05, 4.69) is 25.4 Å². The van der Waals surface area contributed by atoms with Crippen LogP contribution in [-0.4, -0.2) is 41.6 Å². The quantitative estimate of drug-likeness (QED) is 0.438. The number of nitrogens with zero attached hydrogens (tertiary/aromatic N) is 5. The summed E-state index contributed by atoms with van der Waals surface area (Å²) in [4.78, 5) is 29.8. The standard InChI is InChI=1S/C24H29N7O3/c1-13-8-9-17(14(2)10-13)33-16(4)22(32)29-21-19(24(5,6)7)28-20-18(15(3)30-31(20)21)34-23-26-11-25-12-27-23/h8-12,16,30H,1-7H3,(H,29,32). The zero-order valence-corrected chi connectivity index (χ0v) is 20.4. The molecule has 10 heteroatoms. The maximum Gasteiger partial charge on any atom is 0.325 e. The Morgan fingerprint density at radius 2 is 1.85 bits per heavy atom. The first-order chi connectivity index (χ1) is 16.0. The molecule has 0 saturated heterocycles. The Morgan fingerprint density at radius 3 is 2.50 bits per heavy atom. The fraction of sp³-hybridized carbons (Fsp3) is 0.375. The van der Waals surface area contributed by atoms with Gasteiger partial charge >= 0.3 is 6.01 Å². The van der Waals surface area contributed by atoms with Gasteiger partial charge in [0.05, 0.1) is 11.4 Å². The summed E-state index contributed by atoms with van der Waals surface area (Å²) >= 11 is 0. The number of carbonyl (C=O) groups excluding carboxylic acids is 1. The molecule has 2 N–H and O–H groups in total. The predicted molar refractivity (Wildman–Crippen MR) is 128 cm³/mol. The van der Waals surface area contributed by atoms with Crippen molar-refractivity contribution in [3.8, 4) is 17.5 Å². The van der Waals surface area contributed by atoms with Gasteiger partial charge in [0, 0.05) is 5.41 Å². The fourth-order valence-electron chi connectivity index (χ4n) is 3.59. The molecule has 1 unspecified atom stereocenters. The molecule has 3 heterocycles. The van der Waals surface area contributed by atoms with E-state index in [-0.39, 0.29) is 17.3 Å². The summed E-state index contributed by atoms with van der Waals surface area (Å²) < 4.78 is 13.5. The summed E-state index contributed by atoms with van der Waals surface area (Å²) in [6.07, 6.45) is 1.99. The van der Waals surface area contributed by atoms with E-state index in [4.69, 9.17) is 14.5 Å². The van der Waals surface area contributed by atoms with Gasteiger partial charge < -0.3 is 14.8 Å². The second kappa shape index (κ2) is 8.77. The highest BCUT2D eigenvalue weighted by Gasteiger charge is 2.30. The van der Waals surface area contributed by atoms with Gasteiger partial charge in [-0.25, -0.2) is 14.5 Å². The predicted octanol–water partition coefficient (Wildman–Crippen LogP) is 4.27. The molecule has 0 bridgehead atoms. The average Bonchev–Trinajstić information content (AvgIpc) is 3.27. The largest absolute Gasteiger partial charge is 0.481 e. The van der Waals surface area contributed by atoms with Gasteiger partial charge in [0.25, 0.3) is 5.91 Å². The number of aryl methyl sites for hydroxylation is 3.